The van der Waals surface area contributed by atoms with Crippen LogP contribution in [-0.4, -0.2) is 13.1 Å². The first kappa shape index (κ1) is 10.5. The number of hydrogen-bond donors (Lipinski definition) is 0. The molecule has 0 aliphatic heterocycles. The van der Waals surface area contributed by atoms with Crippen LogP contribution >= 0.6 is 0 Å². The van der Waals surface area contributed by atoms with Crippen LogP contribution in [0.15, 0.2) is 35.9 Å². The summed E-state index contributed by atoms with van der Waals surface area (Å²) in [6.07, 6.45) is 2.34. The summed E-state index contributed by atoms with van der Waals surface area (Å²) in [6, 6.07) is 9.91. The van der Waals surface area contributed by atoms with Gasteiger partial charge < -0.3 is 4.74 Å². The van der Waals surface area contributed by atoms with Gasteiger partial charge in [0.2, 0.25) is 0 Å². The predicted molar refractivity (Wildman–Crippen MR) is 56.7 cm³/mol. The molecule has 2 heteroatoms. The summed E-state index contributed by atoms with van der Waals surface area (Å²) in [4.78, 5) is 10.9. The van der Waals surface area contributed by atoms with Crippen LogP contribution in [0.2, 0.25) is 0 Å². The second kappa shape index (κ2) is 5.22. The zero-order valence-corrected chi connectivity index (χ0v) is 8.49. The van der Waals surface area contributed by atoms with Crippen LogP contribution in [-0.2, 0) is 9.53 Å². The van der Waals surface area contributed by atoms with E-state index in [1.54, 1.807) is 0 Å². The monoisotopic (exact) mass is 190 g/mol. The van der Waals surface area contributed by atoms with Crippen molar-refractivity contribution >= 4 is 12.0 Å². The number of rotatable bonds is 3. The van der Waals surface area contributed by atoms with E-state index in [0.29, 0.717) is 6.42 Å². The van der Waals surface area contributed by atoms with E-state index in [-0.39, 0.29) is 5.97 Å². The van der Waals surface area contributed by atoms with Crippen molar-refractivity contribution in [2.24, 2.45) is 0 Å². The van der Waals surface area contributed by atoms with Crippen molar-refractivity contribution in [2.45, 2.75) is 13.3 Å². The summed E-state index contributed by atoms with van der Waals surface area (Å²) in [6.45, 7) is 1.92. The fourth-order valence-corrected chi connectivity index (χ4v) is 1.18. The molecule has 0 spiro atoms. The summed E-state index contributed by atoms with van der Waals surface area (Å²) in [5, 5.41) is 0. The summed E-state index contributed by atoms with van der Waals surface area (Å²) in [5.74, 6) is -0.199. The number of esters is 1. The van der Waals surface area contributed by atoms with Crippen molar-refractivity contribution in [1.82, 2.24) is 0 Å². The van der Waals surface area contributed by atoms with Gasteiger partial charge in [0.05, 0.1) is 13.5 Å². The van der Waals surface area contributed by atoms with Gasteiger partial charge in [0.15, 0.2) is 0 Å². The fourth-order valence-electron chi connectivity index (χ4n) is 1.18. The van der Waals surface area contributed by atoms with Crippen LogP contribution in [0.1, 0.15) is 18.9 Å². The van der Waals surface area contributed by atoms with Gasteiger partial charge in [0, 0.05) is 0 Å². The van der Waals surface area contributed by atoms with Gasteiger partial charge in [-0.15, -0.1) is 0 Å². The van der Waals surface area contributed by atoms with E-state index in [1.807, 2.05) is 43.3 Å². The average Bonchev–Trinajstić information content (AvgIpc) is 2.19. The Hall–Kier alpha value is -1.57. The molecule has 0 aromatic heterocycles. The van der Waals surface area contributed by atoms with Crippen molar-refractivity contribution < 1.29 is 9.53 Å². The Bertz CT molecular complexity index is 325. The Morgan fingerprint density at radius 1 is 1.36 bits per heavy atom. The summed E-state index contributed by atoms with van der Waals surface area (Å²) in [7, 11) is 1.40. The molecule has 14 heavy (non-hydrogen) atoms. The molecule has 74 valence electrons. The van der Waals surface area contributed by atoms with E-state index in [4.69, 9.17) is 0 Å². The molecule has 0 aliphatic rings. The molecule has 0 aliphatic carbocycles. The number of carbonyl (C=O) groups excluding carboxylic acids is 1. The van der Waals surface area contributed by atoms with E-state index in [9.17, 15) is 4.79 Å². The van der Waals surface area contributed by atoms with Gasteiger partial charge in [-0.2, -0.15) is 0 Å². The van der Waals surface area contributed by atoms with E-state index >= 15 is 0 Å². The van der Waals surface area contributed by atoms with Crippen LogP contribution in [0.3, 0.4) is 0 Å². The number of benzene rings is 1. The molecule has 0 bridgehead atoms. The quantitative estimate of drug-likeness (QED) is 0.685. The topological polar surface area (TPSA) is 26.3 Å². The maximum atomic E-state index is 10.9. The third kappa shape index (κ3) is 3.44. The van der Waals surface area contributed by atoms with Gasteiger partial charge in [-0.3, -0.25) is 4.79 Å². The van der Waals surface area contributed by atoms with Crippen molar-refractivity contribution in [3.8, 4) is 0 Å². The first-order chi connectivity index (χ1) is 6.72. The molecular formula is C12H14O2. The molecular weight excluding hydrogens is 176 g/mol. The van der Waals surface area contributed by atoms with Crippen LogP contribution in [0.5, 0.6) is 0 Å². The molecule has 0 saturated heterocycles. The first-order valence-corrected chi connectivity index (χ1v) is 4.51. The lowest BCUT2D eigenvalue weighted by Crippen LogP contribution is -1.99. The third-order valence-electron chi connectivity index (χ3n) is 1.86. The lowest BCUT2D eigenvalue weighted by atomic mass is 10.1. The lowest BCUT2D eigenvalue weighted by Gasteiger charge is -1.99. The van der Waals surface area contributed by atoms with Crippen molar-refractivity contribution in [1.29, 1.82) is 0 Å². The second-order valence-electron chi connectivity index (χ2n) is 3.15. The van der Waals surface area contributed by atoms with Gasteiger partial charge in [-0.05, 0) is 12.5 Å². The lowest BCUT2D eigenvalue weighted by molar-refractivity contribution is -0.139. The molecule has 2 nitrogen and oxygen atoms in total. The smallest absolute Gasteiger partial charge is 0.309 e. The highest BCUT2D eigenvalue weighted by atomic mass is 16.5. The Morgan fingerprint density at radius 2 is 2.00 bits per heavy atom. The van der Waals surface area contributed by atoms with E-state index in [0.717, 1.165) is 11.1 Å². The maximum absolute atomic E-state index is 10.9. The first-order valence-electron chi connectivity index (χ1n) is 4.51. The Morgan fingerprint density at radius 3 is 2.57 bits per heavy atom. The molecule has 0 saturated carbocycles. The Balaban J connectivity index is 2.65. The van der Waals surface area contributed by atoms with Gasteiger partial charge >= 0.3 is 5.97 Å². The highest BCUT2D eigenvalue weighted by molar-refractivity contribution is 5.74. The summed E-state index contributed by atoms with van der Waals surface area (Å²) >= 11 is 0. The van der Waals surface area contributed by atoms with E-state index in [1.165, 1.54) is 7.11 Å². The van der Waals surface area contributed by atoms with Gasteiger partial charge in [-0.1, -0.05) is 42.0 Å². The molecule has 0 fully saturated rings. The highest BCUT2D eigenvalue weighted by Crippen LogP contribution is 2.09. The number of hydrogen-bond acceptors (Lipinski definition) is 2. The largest absolute Gasteiger partial charge is 0.469 e. The molecule has 1 aromatic rings. The van der Waals surface area contributed by atoms with Crippen molar-refractivity contribution in [2.75, 3.05) is 7.11 Å². The van der Waals surface area contributed by atoms with Crippen LogP contribution in [0.4, 0.5) is 0 Å². The predicted octanol–water partition coefficient (Wildman–Crippen LogP) is 2.65. The van der Waals surface area contributed by atoms with Crippen molar-refractivity contribution in [3.05, 3.63) is 41.5 Å². The summed E-state index contributed by atoms with van der Waals surface area (Å²) < 4.78 is 4.58. The molecule has 0 radical (unpaired) electrons. The van der Waals surface area contributed by atoms with Crippen LogP contribution in [0.25, 0.3) is 6.08 Å². The van der Waals surface area contributed by atoms with Crippen LogP contribution in [0, 0.1) is 0 Å². The minimum atomic E-state index is -0.199. The highest BCUT2D eigenvalue weighted by Gasteiger charge is 2.00. The van der Waals surface area contributed by atoms with E-state index in [2.05, 4.69) is 4.74 Å². The average molecular weight is 190 g/mol. The van der Waals surface area contributed by atoms with Gasteiger partial charge in [-0.25, -0.2) is 0 Å². The third-order valence-corrected chi connectivity index (χ3v) is 1.86. The second-order valence-corrected chi connectivity index (χ2v) is 3.15. The molecule has 0 amide bonds. The fraction of sp³-hybridized carbons (Fsp3) is 0.250. The number of ether oxygens (including phenoxy) is 1. The van der Waals surface area contributed by atoms with Crippen molar-refractivity contribution in [3.63, 3.8) is 0 Å². The molecule has 0 atom stereocenters. The minimum Gasteiger partial charge on any atom is -0.469 e. The zero-order chi connectivity index (χ0) is 10.4. The Labute approximate surface area is 84.2 Å². The Kier molecular flexibility index (Phi) is 3.92. The molecule has 0 N–H and O–H groups in total. The normalized spacial score (nSPS) is 11.1. The number of methoxy groups -OCH3 is 1. The van der Waals surface area contributed by atoms with Gasteiger partial charge in [0.25, 0.3) is 0 Å². The standard InChI is InChI=1S/C12H14O2/c1-10(9-12(13)14-2)8-11-6-4-3-5-7-11/h3-8H,9H2,1-2H3. The molecule has 0 unspecified atom stereocenters. The minimum absolute atomic E-state index is 0.199. The van der Waals surface area contributed by atoms with Gasteiger partial charge in [0.1, 0.15) is 0 Å². The molecule has 1 aromatic carbocycles. The van der Waals surface area contributed by atoms with Crippen LogP contribution < -0.4 is 0 Å². The number of carbonyl (C=O) groups is 1. The SMILES string of the molecule is COC(=O)CC(C)=Cc1ccccc1. The maximum Gasteiger partial charge on any atom is 0.309 e. The molecule has 1 rings (SSSR count). The summed E-state index contributed by atoms with van der Waals surface area (Å²) in [5.41, 5.74) is 2.11. The zero-order valence-electron chi connectivity index (χ0n) is 8.49. The molecule has 0 heterocycles. The van der Waals surface area contributed by atoms with E-state index < -0.39 is 0 Å².